The van der Waals surface area contributed by atoms with Crippen molar-refractivity contribution in [1.82, 2.24) is 0 Å². The highest BCUT2D eigenvalue weighted by atomic mass is 32.2. The maximum Gasteiger partial charge on any atom is 0.182 e. The molecule has 26 heavy (non-hydrogen) atoms. The average molecular weight is 394 g/mol. The lowest BCUT2D eigenvalue weighted by Gasteiger charge is -2.17. The van der Waals surface area contributed by atoms with E-state index in [4.69, 9.17) is 22.7 Å². The van der Waals surface area contributed by atoms with Crippen molar-refractivity contribution in [3.05, 3.63) is 66.0 Å². The molecule has 0 unspecified atom stereocenters. The van der Waals surface area contributed by atoms with E-state index in [1.54, 1.807) is 42.5 Å². The van der Waals surface area contributed by atoms with E-state index >= 15 is 0 Å². The van der Waals surface area contributed by atoms with Crippen LogP contribution in [0.4, 0.5) is 4.39 Å². The Kier molecular flexibility index (Phi) is 5.14. The van der Waals surface area contributed by atoms with Crippen molar-refractivity contribution in [3.8, 4) is 0 Å². The highest BCUT2D eigenvalue weighted by Crippen LogP contribution is 2.64. The van der Waals surface area contributed by atoms with Crippen molar-refractivity contribution in [1.29, 1.82) is 0 Å². The summed E-state index contributed by atoms with van der Waals surface area (Å²) in [6, 6.07) is 14.1. The van der Waals surface area contributed by atoms with E-state index in [0.29, 0.717) is 12.2 Å². The van der Waals surface area contributed by atoms with Crippen LogP contribution in [0.2, 0.25) is 0 Å². The molecule has 0 saturated heterocycles. The Bertz CT molecular complexity index is 917. The van der Waals surface area contributed by atoms with Crippen LogP contribution in [0.15, 0.2) is 59.5 Å². The van der Waals surface area contributed by atoms with Gasteiger partial charge in [0.25, 0.3) is 0 Å². The van der Waals surface area contributed by atoms with E-state index in [9.17, 15) is 12.8 Å². The van der Waals surface area contributed by atoms with Crippen molar-refractivity contribution in [3.63, 3.8) is 0 Å². The number of ether oxygens (including phenoxy) is 1. The summed E-state index contributed by atoms with van der Waals surface area (Å²) < 4.78 is 45.9. The van der Waals surface area contributed by atoms with E-state index in [0.717, 1.165) is 0 Å². The lowest BCUT2D eigenvalue weighted by molar-refractivity contribution is 0.121. The maximum absolute atomic E-state index is 13.8. The van der Waals surface area contributed by atoms with Gasteiger partial charge in [0.1, 0.15) is 5.82 Å². The van der Waals surface area contributed by atoms with E-state index in [2.05, 4.69) is 0 Å². The summed E-state index contributed by atoms with van der Waals surface area (Å²) in [7, 11) is -3.73. The third kappa shape index (κ3) is 3.04. The van der Waals surface area contributed by atoms with E-state index in [-0.39, 0.29) is 16.5 Å². The zero-order valence-electron chi connectivity index (χ0n) is 14.3. The van der Waals surface area contributed by atoms with Crippen molar-refractivity contribution in [2.45, 2.75) is 23.0 Å². The highest BCUT2D eigenvalue weighted by molar-refractivity contribution is 7.92. The molecule has 138 valence electrons. The van der Waals surface area contributed by atoms with Gasteiger partial charge in [-0.3, -0.25) is 0 Å². The molecule has 2 aromatic rings. The van der Waals surface area contributed by atoms with Crippen LogP contribution in [-0.4, -0.2) is 31.9 Å². The molecule has 0 aromatic heterocycles. The minimum Gasteiger partial charge on any atom is -0.393 e. The van der Waals surface area contributed by atoms with Gasteiger partial charge >= 0.3 is 0 Å². The molecule has 1 aliphatic carbocycles. The number of hydrogen-bond donors (Lipinski definition) is 1. The van der Waals surface area contributed by atoms with E-state index in [1.165, 1.54) is 12.1 Å². The third-order valence-electron chi connectivity index (χ3n) is 4.87. The molecule has 0 spiro atoms. The predicted octanol–water partition coefficient (Wildman–Crippen LogP) is 3.07. The van der Waals surface area contributed by atoms with Crippen molar-refractivity contribution >= 4 is 27.0 Å². The average Bonchev–Trinajstić information content (AvgIpc) is 3.32. The summed E-state index contributed by atoms with van der Waals surface area (Å²) >= 11 is 5.25. The fraction of sp³-hybridized carbons (Fsp3) is 0.316. The molecule has 3 atom stereocenters. The Morgan fingerprint density at radius 2 is 1.92 bits per heavy atom. The van der Waals surface area contributed by atoms with Crippen LogP contribution in [-0.2, 0) is 14.6 Å². The van der Waals surface area contributed by atoms with Crippen LogP contribution in [0.3, 0.4) is 0 Å². The van der Waals surface area contributed by atoms with Crippen LogP contribution in [0.1, 0.15) is 18.4 Å². The first-order chi connectivity index (χ1) is 12.4. The van der Waals surface area contributed by atoms with Crippen molar-refractivity contribution in [2.75, 3.05) is 13.2 Å². The molecule has 0 aliphatic heterocycles. The number of thiocarbonyl (C=S) groups is 1. The molecule has 7 heteroatoms. The molecule has 3 rings (SSSR count). The van der Waals surface area contributed by atoms with Gasteiger partial charge in [-0.15, -0.1) is 0 Å². The van der Waals surface area contributed by atoms with E-state index in [1.807, 2.05) is 6.92 Å². The standard InChI is InChI=1S/C19H20FNO3S2/c1-2-24-12-19(18(21)25)16(13-7-6-8-14(20)11-13)17(19)26(22,23)15-9-4-3-5-10-15/h3-11,16-17H,2,12H2,1H3,(H2,21,25)/t16-,17-,19+/m1/s1. The Labute approximate surface area is 158 Å². The second-order valence-corrected chi connectivity index (χ2v) is 8.86. The first kappa shape index (κ1) is 18.9. The van der Waals surface area contributed by atoms with Crippen LogP contribution in [0.25, 0.3) is 0 Å². The summed E-state index contributed by atoms with van der Waals surface area (Å²) in [6.45, 7) is 2.29. The molecule has 2 N–H and O–H groups in total. The summed E-state index contributed by atoms with van der Waals surface area (Å²) in [5, 5.41) is -0.886. The summed E-state index contributed by atoms with van der Waals surface area (Å²) in [6.07, 6.45) is 0. The van der Waals surface area contributed by atoms with Crippen molar-refractivity contribution < 1.29 is 17.5 Å². The lowest BCUT2D eigenvalue weighted by atomic mass is 10.00. The SMILES string of the molecule is CCOC[C@]1(C(N)=S)[C@H](c2cccc(F)c2)[C@H]1S(=O)(=O)c1ccccc1. The van der Waals surface area contributed by atoms with Crippen LogP contribution < -0.4 is 5.73 Å². The fourth-order valence-electron chi connectivity index (χ4n) is 3.60. The molecule has 1 saturated carbocycles. The first-order valence-electron chi connectivity index (χ1n) is 8.27. The summed E-state index contributed by atoms with van der Waals surface area (Å²) in [5.74, 6) is -0.981. The van der Waals surface area contributed by atoms with Gasteiger partial charge in [0, 0.05) is 12.5 Å². The van der Waals surface area contributed by atoms with Crippen LogP contribution >= 0.6 is 12.2 Å². The molecule has 4 nitrogen and oxygen atoms in total. The zero-order chi connectivity index (χ0) is 18.9. The largest absolute Gasteiger partial charge is 0.393 e. The van der Waals surface area contributed by atoms with Crippen LogP contribution in [0, 0.1) is 11.2 Å². The number of benzene rings is 2. The minimum absolute atomic E-state index is 0.0738. The predicted molar refractivity (Wildman–Crippen MR) is 102 cm³/mol. The Balaban J connectivity index is 2.12. The molecule has 0 amide bonds. The van der Waals surface area contributed by atoms with Gasteiger partial charge in [-0.25, -0.2) is 12.8 Å². The zero-order valence-corrected chi connectivity index (χ0v) is 15.9. The van der Waals surface area contributed by atoms with E-state index < -0.39 is 32.2 Å². The quantitative estimate of drug-likeness (QED) is 0.732. The maximum atomic E-state index is 13.8. The lowest BCUT2D eigenvalue weighted by Crippen LogP contribution is -2.33. The Morgan fingerprint density at radius 3 is 2.50 bits per heavy atom. The number of nitrogens with two attached hydrogens (primary N) is 1. The summed E-state index contributed by atoms with van der Waals surface area (Å²) in [5.41, 5.74) is 5.51. The number of hydrogen-bond acceptors (Lipinski definition) is 4. The molecular weight excluding hydrogens is 373 g/mol. The van der Waals surface area contributed by atoms with Crippen LogP contribution in [0.5, 0.6) is 0 Å². The minimum atomic E-state index is -3.73. The molecule has 0 bridgehead atoms. The Morgan fingerprint density at radius 1 is 1.23 bits per heavy atom. The molecule has 2 aromatic carbocycles. The van der Waals surface area contributed by atoms with Gasteiger partial charge in [-0.1, -0.05) is 42.5 Å². The molecule has 1 fully saturated rings. The fourth-order valence-corrected chi connectivity index (χ4v) is 6.39. The van der Waals surface area contributed by atoms with Crippen molar-refractivity contribution in [2.24, 2.45) is 11.1 Å². The highest BCUT2D eigenvalue weighted by Gasteiger charge is 2.73. The molecule has 0 radical (unpaired) electrons. The Hall–Kier alpha value is -1.83. The monoisotopic (exact) mass is 393 g/mol. The molecular formula is C19H20FNO3S2. The first-order valence-corrected chi connectivity index (χ1v) is 10.2. The topological polar surface area (TPSA) is 69.4 Å². The number of sulfone groups is 1. The second kappa shape index (κ2) is 7.06. The van der Waals surface area contributed by atoms with Gasteiger partial charge in [0.2, 0.25) is 0 Å². The molecule has 0 heterocycles. The summed E-state index contributed by atoms with van der Waals surface area (Å²) in [4.78, 5) is 0.269. The third-order valence-corrected chi connectivity index (χ3v) is 7.54. The second-order valence-electron chi connectivity index (χ2n) is 6.35. The number of rotatable bonds is 7. The molecule has 1 aliphatic rings. The number of halogens is 1. The van der Waals surface area contributed by atoms with Gasteiger partial charge in [-0.05, 0) is 36.8 Å². The normalized spacial score (nSPS) is 25.0. The van der Waals surface area contributed by atoms with Gasteiger partial charge in [0.05, 0.1) is 27.2 Å². The van der Waals surface area contributed by atoms with Gasteiger partial charge in [-0.2, -0.15) is 0 Å². The smallest absolute Gasteiger partial charge is 0.182 e. The van der Waals surface area contributed by atoms with Gasteiger partial charge in [0.15, 0.2) is 9.84 Å². The van der Waals surface area contributed by atoms with Gasteiger partial charge < -0.3 is 10.5 Å².